The summed E-state index contributed by atoms with van der Waals surface area (Å²) in [7, 11) is 0. The fraction of sp³-hybridized carbons (Fsp3) is 0.500. The molecular weight excluding hydrogens is 150 g/mol. The van der Waals surface area contributed by atoms with E-state index >= 15 is 0 Å². The number of ketones is 1. The van der Waals surface area contributed by atoms with Gasteiger partial charge in [-0.2, -0.15) is 0 Å². The maximum absolute atomic E-state index is 11.7. The van der Waals surface area contributed by atoms with Crippen molar-refractivity contribution >= 4 is 5.78 Å². The first kappa shape index (κ1) is 7.59. The third kappa shape index (κ3) is 1.29. The Balaban J connectivity index is 2.09. The molecule has 1 fully saturated rings. The molecule has 1 aromatic rings. The lowest BCUT2D eigenvalue weighted by atomic mass is 9.98. The molecule has 0 spiro atoms. The molecule has 2 rings (SSSR count). The molecular formula is C10H13NO. The molecule has 2 heteroatoms. The molecule has 1 heterocycles. The van der Waals surface area contributed by atoms with Crippen LogP contribution in [0.5, 0.6) is 0 Å². The first-order chi connectivity index (χ1) is 5.88. The van der Waals surface area contributed by atoms with Gasteiger partial charge in [0.25, 0.3) is 0 Å². The third-order valence-corrected chi connectivity index (χ3v) is 2.61. The van der Waals surface area contributed by atoms with E-state index in [1.807, 2.05) is 12.3 Å². The highest BCUT2D eigenvalue weighted by atomic mass is 16.1. The Hall–Kier alpha value is -1.05. The van der Waals surface area contributed by atoms with E-state index in [2.05, 4.69) is 4.98 Å². The molecule has 0 unspecified atom stereocenters. The van der Waals surface area contributed by atoms with Crippen molar-refractivity contribution in [2.45, 2.75) is 25.7 Å². The minimum atomic E-state index is 0.306. The van der Waals surface area contributed by atoms with Crippen LogP contribution in [0.2, 0.25) is 0 Å². The Labute approximate surface area is 72.0 Å². The molecule has 1 N–H and O–H groups in total. The summed E-state index contributed by atoms with van der Waals surface area (Å²) in [5.74, 6) is 0.634. The Morgan fingerprint density at radius 2 is 2.17 bits per heavy atom. The molecule has 64 valence electrons. The minimum absolute atomic E-state index is 0.306. The number of carbonyl (C=O) groups excluding carboxylic acids is 1. The van der Waals surface area contributed by atoms with Crippen LogP contribution in [0.15, 0.2) is 18.5 Å². The van der Waals surface area contributed by atoms with Gasteiger partial charge in [-0.25, -0.2) is 0 Å². The Bertz CT molecular complexity index is 257. The van der Waals surface area contributed by atoms with E-state index in [4.69, 9.17) is 0 Å². The molecule has 0 aliphatic heterocycles. The van der Waals surface area contributed by atoms with Crippen LogP contribution in [0, 0.1) is 5.92 Å². The van der Waals surface area contributed by atoms with Crippen LogP contribution in [0.25, 0.3) is 0 Å². The SMILES string of the molecule is O=C(c1cc[nH]c1)C1CCCC1. The monoisotopic (exact) mass is 163 g/mol. The van der Waals surface area contributed by atoms with E-state index in [0.717, 1.165) is 18.4 Å². The second-order valence-corrected chi connectivity index (χ2v) is 3.45. The van der Waals surface area contributed by atoms with Crippen molar-refractivity contribution in [3.05, 3.63) is 24.0 Å². The van der Waals surface area contributed by atoms with Crippen molar-refractivity contribution in [3.8, 4) is 0 Å². The van der Waals surface area contributed by atoms with E-state index in [0.29, 0.717) is 11.7 Å². The molecule has 1 aromatic heterocycles. The van der Waals surface area contributed by atoms with E-state index in [9.17, 15) is 4.79 Å². The van der Waals surface area contributed by atoms with Gasteiger partial charge in [-0.1, -0.05) is 12.8 Å². The fourth-order valence-corrected chi connectivity index (χ4v) is 1.90. The molecule has 0 radical (unpaired) electrons. The second-order valence-electron chi connectivity index (χ2n) is 3.45. The van der Waals surface area contributed by atoms with Gasteiger partial charge in [0, 0.05) is 23.9 Å². The number of H-pyrrole nitrogens is 1. The summed E-state index contributed by atoms with van der Waals surface area (Å²) in [6.07, 6.45) is 8.22. The molecule has 0 bridgehead atoms. The average molecular weight is 163 g/mol. The van der Waals surface area contributed by atoms with Crippen molar-refractivity contribution in [1.29, 1.82) is 0 Å². The van der Waals surface area contributed by atoms with Gasteiger partial charge in [0.1, 0.15) is 0 Å². The van der Waals surface area contributed by atoms with Gasteiger partial charge in [0.15, 0.2) is 5.78 Å². The van der Waals surface area contributed by atoms with Gasteiger partial charge in [0.05, 0.1) is 0 Å². The van der Waals surface area contributed by atoms with Gasteiger partial charge in [-0.3, -0.25) is 4.79 Å². The van der Waals surface area contributed by atoms with Crippen LogP contribution in [0.3, 0.4) is 0 Å². The number of aromatic nitrogens is 1. The summed E-state index contributed by atoms with van der Waals surface area (Å²) in [5.41, 5.74) is 0.849. The van der Waals surface area contributed by atoms with Crippen molar-refractivity contribution in [2.75, 3.05) is 0 Å². The molecule has 2 nitrogen and oxygen atoms in total. The van der Waals surface area contributed by atoms with Crippen LogP contribution >= 0.6 is 0 Å². The summed E-state index contributed by atoms with van der Waals surface area (Å²) in [4.78, 5) is 14.6. The number of hydrogen-bond acceptors (Lipinski definition) is 1. The van der Waals surface area contributed by atoms with Gasteiger partial charge in [-0.05, 0) is 18.9 Å². The standard InChI is InChI=1S/C10H13NO/c12-10(8-3-1-2-4-8)9-5-6-11-7-9/h5-8,11H,1-4H2. The molecule has 0 atom stereocenters. The number of nitrogens with one attached hydrogen (secondary N) is 1. The minimum Gasteiger partial charge on any atom is -0.367 e. The van der Waals surface area contributed by atoms with E-state index in [1.54, 1.807) is 6.20 Å². The van der Waals surface area contributed by atoms with Gasteiger partial charge < -0.3 is 4.98 Å². The predicted octanol–water partition coefficient (Wildman–Crippen LogP) is 2.39. The molecule has 1 aliphatic rings. The number of Topliss-reactive ketones (excluding diaryl/α,β-unsaturated/α-hetero) is 1. The molecule has 0 amide bonds. The first-order valence-electron chi connectivity index (χ1n) is 4.55. The lowest BCUT2D eigenvalue weighted by Gasteiger charge is -2.04. The maximum Gasteiger partial charge on any atom is 0.167 e. The Morgan fingerprint density at radius 1 is 1.42 bits per heavy atom. The normalized spacial score (nSPS) is 18.3. The molecule has 0 saturated heterocycles. The van der Waals surface area contributed by atoms with Crippen molar-refractivity contribution < 1.29 is 4.79 Å². The maximum atomic E-state index is 11.7. The number of rotatable bonds is 2. The lowest BCUT2D eigenvalue weighted by Crippen LogP contribution is -2.09. The average Bonchev–Trinajstić information content (AvgIpc) is 2.77. The first-order valence-corrected chi connectivity index (χ1v) is 4.55. The molecule has 0 aromatic carbocycles. The van der Waals surface area contributed by atoms with Gasteiger partial charge in [-0.15, -0.1) is 0 Å². The predicted molar refractivity (Wildman–Crippen MR) is 47.1 cm³/mol. The lowest BCUT2D eigenvalue weighted by molar-refractivity contribution is 0.0923. The summed E-state index contributed by atoms with van der Waals surface area (Å²) in [5, 5.41) is 0. The fourth-order valence-electron chi connectivity index (χ4n) is 1.90. The molecule has 12 heavy (non-hydrogen) atoms. The van der Waals surface area contributed by atoms with E-state index in [1.165, 1.54) is 12.8 Å². The topological polar surface area (TPSA) is 32.9 Å². The zero-order valence-electron chi connectivity index (χ0n) is 7.05. The second kappa shape index (κ2) is 3.13. The summed E-state index contributed by atoms with van der Waals surface area (Å²) in [6, 6.07) is 1.86. The highest BCUT2D eigenvalue weighted by Crippen LogP contribution is 2.27. The zero-order chi connectivity index (χ0) is 8.39. The highest BCUT2D eigenvalue weighted by molar-refractivity contribution is 5.97. The number of aromatic amines is 1. The van der Waals surface area contributed by atoms with Crippen LogP contribution in [-0.4, -0.2) is 10.8 Å². The Kier molecular flexibility index (Phi) is 1.98. The van der Waals surface area contributed by atoms with Crippen molar-refractivity contribution in [3.63, 3.8) is 0 Å². The summed E-state index contributed by atoms with van der Waals surface area (Å²) < 4.78 is 0. The summed E-state index contributed by atoms with van der Waals surface area (Å²) in [6.45, 7) is 0. The smallest absolute Gasteiger partial charge is 0.167 e. The van der Waals surface area contributed by atoms with Crippen LogP contribution in [-0.2, 0) is 0 Å². The van der Waals surface area contributed by atoms with E-state index in [-0.39, 0.29) is 0 Å². The van der Waals surface area contributed by atoms with Crippen LogP contribution < -0.4 is 0 Å². The molecule has 1 saturated carbocycles. The van der Waals surface area contributed by atoms with Gasteiger partial charge >= 0.3 is 0 Å². The van der Waals surface area contributed by atoms with Gasteiger partial charge in [0.2, 0.25) is 0 Å². The largest absolute Gasteiger partial charge is 0.367 e. The number of carbonyl (C=O) groups is 1. The summed E-state index contributed by atoms with van der Waals surface area (Å²) >= 11 is 0. The highest BCUT2D eigenvalue weighted by Gasteiger charge is 2.23. The Morgan fingerprint density at radius 3 is 2.75 bits per heavy atom. The zero-order valence-corrected chi connectivity index (χ0v) is 7.05. The van der Waals surface area contributed by atoms with Crippen molar-refractivity contribution in [2.24, 2.45) is 5.92 Å². The van der Waals surface area contributed by atoms with Crippen LogP contribution in [0.1, 0.15) is 36.0 Å². The van der Waals surface area contributed by atoms with Crippen molar-refractivity contribution in [1.82, 2.24) is 4.98 Å². The van der Waals surface area contributed by atoms with Crippen LogP contribution in [0.4, 0.5) is 0 Å². The number of hydrogen-bond donors (Lipinski definition) is 1. The molecule has 1 aliphatic carbocycles. The van der Waals surface area contributed by atoms with E-state index < -0.39 is 0 Å². The third-order valence-electron chi connectivity index (χ3n) is 2.61. The quantitative estimate of drug-likeness (QED) is 0.667.